The molecule has 134 valence electrons. The smallest absolute Gasteiger partial charge is 0.115 e. The van der Waals surface area contributed by atoms with E-state index in [0.717, 1.165) is 17.9 Å². The number of piperidine rings is 1. The summed E-state index contributed by atoms with van der Waals surface area (Å²) in [7, 11) is 0. The highest BCUT2D eigenvalue weighted by Crippen LogP contribution is 2.42. The highest BCUT2D eigenvalue weighted by Gasteiger charge is 2.40. The molecule has 1 N–H and O–H groups in total. The fourth-order valence-electron chi connectivity index (χ4n) is 5.02. The number of aromatic hydroxyl groups is 1. The maximum Gasteiger partial charge on any atom is 0.115 e. The largest absolute Gasteiger partial charge is 0.508 e. The van der Waals surface area contributed by atoms with Crippen molar-refractivity contribution in [2.75, 3.05) is 13.1 Å². The number of likely N-dealkylation sites (tertiary alicyclic amines) is 1. The Hall–Kier alpha value is -1.02. The molecule has 2 nitrogen and oxygen atoms in total. The van der Waals surface area contributed by atoms with Gasteiger partial charge in [0.2, 0.25) is 0 Å². The van der Waals surface area contributed by atoms with Crippen molar-refractivity contribution in [3.63, 3.8) is 0 Å². The van der Waals surface area contributed by atoms with E-state index < -0.39 is 0 Å². The van der Waals surface area contributed by atoms with Gasteiger partial charge >= 0.3 is 0 Å². The lowest BCUT2D eigenvalue weighted by Gasteiger charge is -2.49. The van der Waals surface area contributed by atoms with Crippen LogP contribution in [-0.4, -0.2) is 29.1 Å². The van der Waals surface area contributed by atoms with Crippen molar-refractivity contribution in [3.8, 4) is 5.75 Å². The first kappa shape index (κ1) is 17.8. The Morgan fingerprint density at radius 2 is 1.88 bits per heavy atom. The van der Waals surface area contributed by atoms with Crippen molar-refractivity contribution in [3.05, 3.63) is 29.8 Å². The van der Waals surface area contributed by atoms with Gasteiger partial charge in [-0.05, 0) is 79.5 Å². The summed E-state index contributed by atoms with van der Waals surface area (Å²) < 4.78 is 0. The Balaban J connectivity index is 1.63. The summed E-state index contributed by atoms with van der Waals surface area (Å²) in [5, 5.41) is 9.86. The monoisotopic (exact) mass is 329 g/mol. The minimum atomic E-state index is 0.185. The number of benzene rings is 1. The van der Waals surface area contributed by atoms with E-state index in [2.05, 4.69) is 38.7 Å². The predicted octanol–water partition coefficient (Wildman–Crippen LogP) is 5.21. The topological polar surface area (TPSA) is 23.5 Å². The molecule has 2 fully saturated rings. The molecular weight excluding hydrogens is 294 g/mol. The van der Waals surface area contributed by atoms with Gasteiger partial charge in [0, 0.05) is 12.6 Å². The molecule has 1 aromatic carbocycles. The fourth-order valence-corrected chi connectivity index (χ4v) is 5.02. The summed E-state index contributed by atoms with van der Waals surface area (Å²) in [6, 6.07) is 8.73. The SMILES string of the molecule is CC(C)C1CCC(N2CC[C@@](C)(c3cccc(O)c3)[C@@H](C)C2)CC1. The Labute approximate surface area is 148 Å². The number of phenolic OH excluding ortho intramolecular Hbond substituents is 1. The van der Waals surface area contributed by atoms with Gasteiger partial charge in [0.25, 0.3) is 0 Å². The molecule has 2 heteroatoms. The maximum atomic E-state index is 9.86. The summed E-state index contributed by atoms with van der Waals surface area (Å²) >= 11 is 0. The highest BCUT2D eigenvalue weighted by atomic mass is 16.3. The highest BCUT2D eigenvalue weighted by molar-refractivity contribution is 5.33. The van der Waals surface area contributed by atoms with Crippen LogP contribution in [0.25, 0.3) is 0 Å². The van der Waals surface area contributed by atoms with E-state index in [1.807, 2.05) is 12.1 Å². The number of phenols is 1. The molecule has 1 saturated carbocycles. The Morgan fingerprint density at radius 1 is 1.17 bits per heavy atom. The summed E-state index contributed by atoms with van der Waals surface area (Å²) in [6.45, 7) is 12.0. The number of hydrogen-bond acceptors (Lipinski definition) is 2. The van der Waals surface area contributed by atoms with E-state index in [1.54, 1.807) is 6.07 Å². The van der Waals surface area contributed by atoms with E-state index in [-0.39, 0.29) is 5.41 Å². The summed E-state index contributed by atoms with van der Waals surface area (Å²) in [5.41, 5.74) is 1.49. The van der Waals surface area contributed by atoms with E-state index >= 15 is 0 Å². The van der Waals surface area contributed by atoms with Gasteiger partial charge in [0.15, 0.2) is 0 Å². The first-order chi connectivity index (χ1) is 11.4. The summed E-state index contributed by atoms with van der Waals surface area (Å²) in [6.07, 6.45) is 6.80. The van der Waals surface area contributed by atoms with E-state index in [4.69, 9.17) is 0 Å². The standard InChI is InChI=1S/C22H35NO/c1-16(2)18-8-10-20(11-9-18)23-13-12-22(4,17(3)15-23)19-6-5-7-21(24)14-19/h5-7,14,16-18,20,24H,8-13,15H2,1-4H3/t17-,18?,20?,22+/m0/s1. The first-order valence-corrected chi connectivity index (χ1v) is 9.93. The zero-order valence-electron chi connectivity index (χ0n) is 16.0. The quantitative estimate of drug-likeness (QED) is 0.823. The number of hydrogen-bond donors (Lipinski definition) is 1. The maximum absolute atomic E-state index is 9.86. The van der Waals surface area contributed by atoms with Crippen molar-refractivity contribution < 1.29 is 5.11 Å². The first-order valence-electron chi connectivity index (χ1n) is 9.93. The zero-order valence-corrected chi connectivity index (χ0v) is 16.0. The van der Waals surface area contributed by atoms with Gasteiger partial charge in [-0.3, -0.25) is 0 Å². The molecule has 0 amide bonds. The van der Waals surface area contributed by atoms with Crippen LogP contribution in [0.5, 0.6) is 5.75 Å². The molecule has 0 radical (unpaired) electrons. The molecule has 0 spiro atoms. The molecule has 0 aromatic heterocycles. The zero-order chi connectivity index (χ0) is 17.3. The van der Waals surface area contributed by atoms with Gasteiger partial charge in [0.1, 0.15) is 5.75 Å². The van der Waals surface area contributed by atoms with Gasteiger partial charge in [-0.15, -0.1) is 0 Å². The molecule has 24 heavy (non-hydrogen) atoms. The van der Waals surface area contributed by atoms with Crippen molar-refractivity contribution in [2.24, 2.45) is 17.8 Å². The minimum absolute atomic E-state index is 0.185. The van der Waals surface area contributed by atoms with Crippen LogP contribution in [0.2, 0.25) is 0 Å². The van der Waals surface area contributed by atoms with Crippen LogP contribution in [-0.2, 0) is 5.41 Å². The van der Waals surface area contributed by atoms with E-state index in [0.29, 0.717) is 11.7 Å². The molecule has 3 rings (SSSR count). The van der Waals surface area contributed by atoms with Gasteiger partial charge < -0.3 is 10.0 Å². The molecule has 1 saturated heterocycles. The summed E-state index contributed by atoms with van der Waals surface area (Å²) in [5.74, 6) is 2.81. The van der Waals surface area contributed by atoms with Crippen molar-refractivity contribution in [1.29, 1.82) is 0 Å². The lowest BCUT2D eigenvalue weighted by Crippen LogP contribution is -2.51. The minimum Gasteiger partial charge on any atom is -0.508 e. The van der Waals surface area contributed by atoms with Crippen molar-refractivity contribution in [1.82, 2.24) is 4.90 Å². The predicted molar refractivity (Wildman–Crippen MR) is 101 cm³/mol. The number of nitrogens with zero attached hydrogens (tertiary/aromatic N) is 1. The normalized spacial score (nSPS) is 35.3. The van der Waals surface area contributed by atoms with Crippen LogP contribution in [0.3, 0.4) is 0 Å². The third kappa shape index (κ3) is 3.49. The Kier molecular flexibility index (Phi) is 5.24. The van der Waals surface area contributed by atoms with Gasteiger partial charge in [-0.25, -0.2) is 0 Å². The number of rotatable bonds is 3. The van der Waals surface area contributed by atoms with Crippen LogP contribution in [0, 0.1) is 17.8 Å². The van der Waals surface area contributed by atoms with Crippen LogP contribution in [0.1, 0.15) is 65.4 Å². The molecule has 0 bridgehead atoms. The lowest BCUT2D eigenvalue weighted by molar-refractivity contribution is 0.0478. The Bertz CT molecular complexity index is 547. The summed E-state index contributed by atoms with van der Waals surface area (Å²) in [4.78, 5) is 2.77. The second kappa shape index (κ2) is 7.07. The lowest BCUT2D eigenvalue weighted by atomic mass is 9.67. The van der Waals surface area contributed by atoms with Gasteiger partial charge in [-0.2, -0.15) is 0 Å². The third-order valence-corrected chi connectivity index (χ3v) is 7.22. The fraction of sp³-hybridized carbons (Fsp3) is 0.727. The van der Waals surface area contributed by atoms with E-state index in [9.17, 15) is 5.11 Å². The molecule has 1 aliphatic carbocycles. The molecule has 1 aromatic rings. The van der Waals surface area contributed by atoms with Crippen LogP contribution < -0.4 is 0 Å². The molecule has 1 heterocycles. The average Bonchev–Trinajstić information content (AvgIpc) is 2.57. The van der Waals surface area contributed by atoms with Crippen molar-refractivity contribution >= 4 is 0 Å². The molecule has 0 unspecified atom stereocenters. The Morgan fingerprint density at radius 3 is 2.46 bits per heavy atom. The van der Waals surface area contributed by atoms with Crippen LogP contribution in [0.4, 0.5) is 0 Å². The van der Waals surface area contributed by atoms with Gasteiger partial charge in [-0.1, -0.05) is 39.8 Å². The average molecular weight is 330 g/mol. The molecule has 2 aliphatic rings. The van der Waals surface area contributed by atoms with E-state index in [1.165, 1.54) is 50.8 Å². The van der Waals surface area contributed by atoms with Gasteiger partial charge in [0.05, 0.1) is 0 Å². The van der Waals surface area contributed by atoms with Crippen molar-refractivity contribution in [2.45, 2.75) is 71.3 Å². The van der Waals surface area contributed by atoms with Crippen LogP contribution in [0.15, 0.2) is 24.3 Å². The second-order valence-corrected chi connectivity index (χ2v) is 8.93. The second-order valence-electron chi connectivity index (χ2n) is 8.93. The molecule has 1 aliphatic heterocycles. The third-order valence-electron chi connectivity index (χ3n) is 7.22. The molecule has 2 atom stereocenters. The van der Waals surface area contributed by atoms with Crippen LogP contribution >= 0.6 is 0 Å². The molecular formula is C22H35NO.